The molecule has 19 heavy (non-hydrogen) atoms. The molecule has 6 nitrogen and oxygen atoms in total. The summed E-state index contributed by atoms with van der Waals surface area (Å²) in [6, 6.07) is -0.0941. The molecule has 0 saturated carbocycles. The van der Waals surface area contributed by atoms with Gasteiger partial charge >= 0.3 is 0 Å². The van der Waals surface area contributed by atoms with E-state index in [4.69, 9.17) is 10.5 Å². The van der Waals surface area contributed by atoms with Crippen LogP contribution in [0.5, 0.6) is 0 Å². The fourth-order valence-corrected chi connectivity index (χ4v) is 4.23. The van der Waals surface area contributed by atoms with Crippen molar-refractivity contribution in [1.29, 1.82) is 0 Å². The van der Waals surface area contributed by atoms with E-state index in [2.05, 4.69) is 5.32 Å². The second-order valence-electron chi connectivity index (χ2n) is 4.33. The van der Waals surface area contributed by atoms with E-state index in [0.29, 0.717) is 11.6 Å². The molecule has 0 fully saturated rings. The monoisotopic (exact) mass is 306 g/mol. The fourth-order valence-electron chi connectivity index (χ4n) is 1.67. The third-order valence-electron chi connectivity index (χ3n) is 2.38. The Kier molecular flexibility index (Phi) is 4.94. The lowest BCUT2D eigenvalue weighted by Crippen LogP contribution is -2.21. The van der Waals surface area contributed by atoms with Crippen LogP contribution < -0.4 is 11.1 Å². The molecule has 1 unspecified atom stereocenters. The number of carbonyl (C=O) groups excluding carboxylic acids is 1. The third kappa shape index (κ3) is 3.68. The summed E-state index contributed by atoms with van der Waals surface area (Å²) in [5, 5.41) is 3.40. The van der Waals surface area contributed by atoms with E-state index in [1.165, 1.54) is 6.92 Å². The zero-order valence-electron chi connectivity index (χ0n) is 11.3. The molecular formula is C11H18N2O4S2. The highest BCUT2D eigenvalue weighted by molar-refractivity contribution is 7.91. The fraction of sp³-hybridized carbons (Fsp3) is 0.545. The van der Waals surface area contributed by atoms with Gasteiger partial charge in [-0.3, -0.25) is 4.79 Å². The van der Waals surface area contributed by atoms with Crippen LogP contribution in [0.3, 0.4) is 0 Å². The Hall–Kier alpha value is -1.12. The first kappa shape index (κ1) is 15.9. The van der Waals surface area contributed by atoms with Crippen molar-refractivity contribution in [3.05, 3.63) is 4.88 Å². The number of rotatable bonds is 6. The molecule has 0 spiro atoms. The van der Waals surface area contributed by atoms with Crippen LogP contribution in [0.1, 0.15) is 23.5 Å². The van der Waals surface area contributed by atoms with Crippen molar-refractivity contribution in [1.82, 2.24) is 0 Å². The van der Waals surface area contributed by atoms with E-state index in [0.717, 1.165) is 17.6 Å². The average Bonchev–Trinajstić information content (AvgIpc) is 2.54. The van der Waals surface area contributed by atoms with Gasteiger partial charge in [-0.1, -0.05) is 0 Å². The normalized spacial score (nSPS) is 13.3. The van der Waals surface area contributed by atoms with E-state index < -0.39 is 9.84 Å². The molecule has 0 saturated heterocycles. The maximum absolute atomic E-state index is 11.8. The van der Waals surface area contributed by atoms with Crippen molar-refractivity contribution in [3.8, 4) is 0 Å². The lowest BCUT2D eigenvalue weighted by atomic mass is 10.3. The Morgan fingerprint density at radius 1 is 1.53 bits per heavy atom. The van der Waals surface area contributed by atoms with Gasteiger partial charge in [-0.15, -0.1) is 11.3 Å². The number of carbonyl (C=O) groups is 1. The molecule has 1 rings (SSSR count). The zero-order chi connectivity index (χ0) is 14.8. The van der Waals surface area contributed by atoms with Crippen LogP contribution in [0, 0.1) is 0 Å². The number of hydrogen-bond acceptors (Lipinski definition) is 7. The average molecular weight is 306 g/mol. The number of ether oxygens (including phenoxy) is 1. The van der Waals surface area contributed by atoms with Crippen molar-refractivity contribution in [2.24, 2.45) is 0 Å². The van der Waals surface area contributed by atoms with Gasteiger partial charge in [0.25, 0.3) is 0 Å². The van der Waals surface area contributed by atoms with Crippen LogP contribution >= 0.6 is 11.3 Å². The SMILES string of the molecule is COCC(C)Nc1sc(C(C)=O)c(N)c1S(C)(=O)=O. The first-order valence-corrected chi connectivity index (χ1v) is 8.28. The van der Waals surface area contributed by atoms with E-state index in [1.54, 1.807) is 7.11 Å². The summed E-state index contributed by atoms with van der Waals surface area (Å²) in [6.45, 7) is 3.62. The number of anilines is 2. The lowest BCUT2D eigenvalue weighted by Gasteiger charge is -2.13. The maximum Gasteiger partial charge on any atom is 0.180 e. The molecule has 1 aromatic heterocycles. The van der Waals surface area contributed by atoms with Gasteiger partial charge in [0.2, 0.25) is 0 Å². The molecule has 0 radical (unpaired) electrons. The summed E-state index contributed by atoms with van der Waals surface area (Å²) < 4.78 is 28.6. The number of nitrogens with two attached hydrogens (primary N) is 1. The van der Waals surface area contributed by atoms with Gasteiger partial charge in [0.1, 0.15) is 9.90 Å². The van der Waals surface area contributed by atoms with Crippen LogP contribution in [0.25, 0.3) is 0 Å². The molecule has 8 heteroatoms. The van der Waals surface area contributed by atoms with Gasteiger partial charge in [-0.25, -0.2) is 8.42 Å². The van der Waals surface area contributed by atoms with Gasteiger partial charge in [-0.05, 0) is 6.92 Å². The molecule has 0 aliphatic rings. The molecule has 3 N–H and O–H groups in total. The largest absolute Gasteiger partial charge is 0.396 e. The smallest absolute Gasteiger partial charge is 0.180 e. The summed E-state index contributed by atoms with van der Waals surface area (Å²) in [5.74, 6) is -0.250. The number of ketones is 1. The van der Waals surface area contributed by atoms with E-state index in [1.807, 2.05) is 6.92 Å². The number of sulfone groups is 1. The van der Waals surface area contributed by atoms with Crippen molar-refractivity contribution in [2.45, 2.75) is 24.8 Å². The van der Waals surface area contributed by atoms with Crippen LogP contribution in [0.2, 0.25) is 0 Å². The van der Waals surface area contributed by atoms with Crippen molar-refractivity contribution in [2.75, 3.05) is 31.0 Å². The first-order chi connectivity index (χ1) is 8.68. The van der Waals surface area contributed by atoms with Gasteiger partial charge in [-0.2, -0.15) is 0 Å². The molecule has 0 amide bonds. The maximum atomic E-state index is 11.8. The topological polar surface area (TPSA) is 98.5 Å². The molecule has 0 aliphatic carbocycles. The summed E-state index contributed by atoms with van der Waals surface area (Å²) in [6.07, 6.45) is 1.07. The number of nitrogens with one attached hydrogen (secondary N) is 1. The van der Waals surface area contributed by atoms with Crippen molar-refractivity contribution < 1.29 is 17.9 Å². The molecule has 0 aliphatic heterocycles. The standard InChI is InChI=1S/C11H18N2O4S2/c1-6(5-17-3)13-11-10(19(4,15)16)8(12)9(18-11)7(2)14/h6,13H,5,12H2,1-4H3. The first-order valence-electron chi connectivity index (χ1n) is 5.57. The van der Waals surface area contributed by atoms with Gasteiger partial charge in [0.15, 0.2) is 15.6 Å². The van der Waals surface area contributed by atoms with Gasteiger partial charge < -0.3 is 15.8 Å². The Labute approximate surface area is 116 Å². The Morgan fingerprint density at radius 3 is 2.53 bits per heavy atom. The number of Topliss-reactive ketones (excluding diaryl/α,β-unsaturated/α-hetero) is 1. The highest BCUT2D eigenvalue weighted by atomic mass is 32.2. The van der Waals surface area contributed by atoms with Gasteiger partial charge in [0.05, 0.1) is 17.2 Å². The summed E-state index contributed by atoms with van der Waals surface area (Å²) in [4.78, 5) is 11.7. The number of hydrogen-bond donors (Lipinski definition) is 2. The van der Waals surface area contributed by atoms with E-state index >= 15 is 0 Å². The van der Waals surface area contributed by atoms with Crippen LogP contribution in [-0.2, 0) is 14.6 Å². The molecular weight excluding hydrogens is 288 g/mol. The highest BCUT2D eigenvalue weighted by Gasteiger charge is 2.26. The predicted octanol–water partition coefficient (Wildman–Crippen LogP) is 1.38. The van der Waals surface area contributed by atoms with E-state index in [9.17, 15) is 13.2 Å². The van der Waals surface area contributed by atoms with Crippen LogP contribution in [-0.4, -0.2) is 40.2 Å². The van der Waals surface area contributed by atoms with Crippen LogP contribution in [0.15, 0.2) is 4.90 Å². The van der Waals surface area contributed by atoms with Crippen molar-refractivity contribution in [3.63, 3.8) is 0 Å². The van der Waals surface area contributed by atoms with Crippen LogP contribution in [0.4, 0.5) is 10.7 Å². The van der Waals surface area contributed by atoms with Gasteiger partial charge in [0, 0.05) is 26.3 Å². The Bertz CT molecular complexity index is 578. The van der Waals surface area contributed by atoms with E-state index in [-0.39, 0.29) is 27.3 Å². The number of methoxy groups -OCH3 is 1. The number of nitrogen functional groups attached to an aromatic ring is 1. The molecule has 0 aromatic carbocycles. The molecule has 1 atom stereocenters. The number of thiophene rings is 1. The van der Waals surface area contributed by atoms with Crippen molar-refractivity contribution >= 4 is 37.6 Å². The minimum absolute atomic E-state index is 0.00865. The molecule has 0 bridgehead atoms. The highest BCUT2D eigenvalue weighted by Crippen LogP contribution is 2.39. The third-order valence-corrected chi connectivity index (χ3v) is 4.92. The Morgan fingerprint density at radius 2 is 2.11 bits per heavy atom. The second-order valence-corrected chi connectivity index (χ2v) is 7.31. The summed E-state index contributed by atoms with van der Waals surface area (Å²) in [5.41, 5.74) is 5.80. The summed E-state index contributed by atoms with van der Waals surface area (Å²) >= 11 is 1.05. The molecule has 108 valence electrons. The molecule has 1 heterocycles. The minimum atomic E-state index is -3.51. The lowest BCUT2D eigenvalue weighted by molar-refractivity contribution is 0.102. The Balaban J connectivity index is 3.30. The summed E-state index contributed by atoms with van der Waals surface area (Å²) in [7, 11) is -1.95. The quantitative estimate of drug-likeness (QED) is 0.770. The second kappa shape index (κ2) is 5.89. The molecule has 1 aromatic rings. The zero-order valence-corrected chi connectivity index (χ0v) is 12.9. The predicted molar refractivity (Wildman–Crippen MR) is 76.8 cm³/mol. The minimum Gasteiger partial charge on any atom is -0.396 e.